The van der Waals surface area contributed by atoms with Gasteiger partial charge in [0.05, 0.1) is 0 Å². The summed E-state index contributed by atoms with van der Waals surface area (Å²) in [6, 6.07) is 7.88. The van der Waals surface area contributed by atoms with E-state index in [9.17, 15) is 9.59 Å². The highest BCUT2D eigenvalue weighted by molar-refractivity contribution is 5.96. The second kappa shape index (κ2) is 11.0. The predicted octanol–water partition coefficient (Wildman–Crippen LogP) is 3.14. The molecular formula is C18H27NO3. The van der Waals surface area contributed by atoms with Crippen LogP contribution in [0.1, 0.15) is 55.5 Å². The van der Waals surface area contributed by atoms with Gasteiger partial charge in [-0.3, -0.25) is 9.59 Å². The summed E-state index contributed by atoms with van der Waals surface area (Å²) in [6.07, 6.45) is 4.51. The molecule has 1 aromatic carbocycles. The van der Waals surface area contributed by atoms with Crippen LogP contribution in [-0.2, 0) is 16.0 Å². The van der Waals surface area contributed by atoms with E-state index in [0.29, 0.717) is 26.0 Å². The van der Waals surface area contributed by atoms with E-state index < -0.39 is 0 Å². The zero-order chi connectivity index (χ0) is 16.2. The summed E-state index contributed by atoms with van der Waals surface area (Å²) in [5, 5.41) is 2.74. The van der Waals surface area contributed by atoms with Crippen LogP contribution in [0.25, 0.3) is 0 Å². The number of ketones is 1. The number of Topliss-reactive ketones (excluding diaryl/α,β-unsaturated/α-hetero) is 1. The summed E-state index contributed by atoms with van der Waals surface area (Å²) in [5.41, 5.74) is 2.03. The third-order valence-electron chi connectivity index (χ3n) is 3.43. The van der Waals surface area contributed by atoms with Gasteiger partial charge in [-0.15, -0.1) is 0 Å². The van der Waals surface area contributed by atoms with Crippen LogP contribution < -0.4 is 5.32 Å². The first-order valence-electron chi connectivity index (χ1n) is 8.14. The molecule has 0 aromatic heterocycles. The average molecular weight is 305 g/mol. The number of hydrogen-bond acceptors (Lipinski definition) is 3. The Bertz CT molecular complexity index is 454. The van der Waals surface area contributed by atoms with Crippen LogP contribution in [0.5, 0.6) is 0 Å². The minimum Gasteiger partial charge on any atom is -0.372 e. The number of aryl methyl sites for hydroxylation is 1. The fourth-order valence-corrected chi connectivity index (χ4v) is 2.11. The molecular weight excluding hydrogens is 278 g/mol. The lowest BCUT2D eigenvalue weighted by Gasteiger charge is -2.06. The van der Waals surface area contributed by atoms with Crippen molar-refractivity contribution in [3.8, 4) is 0 Å². The molecule has 0 fully saturated rings. The predicted molar refractivity (Wildman–Crippen MR) is 88.1 cm³/mol. The first-order chi connectivity index (χ1) is 10.7. The molecule has 0 bridgehead atoms. The van der Waals surface area contributed by atoms with Crippen molar-refractivity contribution >= 4 is 11.7 Å². The number of rotatable bonds is 11. The van der Waals surface area contributed by atoms with E-state index in [4.69, 9.17) is 4.74 Å². The zero-order valence-corrected chi connectivity index (χ0v) is 13.7. The van der Waals surface area contributed by atoms with E-state index in [1.807, 2.05) is 31.2 Å². The highest BCUT2D eigenvalue weighted by Crippen LogP contribution is 2.10. The van der Waals surface area contributed by atoms with Gasteiger partial charge in [-0.25, -0.2) is 0 Å². The molecule has 1 aromatic rings. The zero-order valence-electron chi connectivity index (χ0n) is 13.7. The smallest absolute Gasteiger partial charge is 0.245 e. The van der Waals surface area contributed by atoms with Gasteiger partial charge in [-0.05, 0) is 31.7 Å². The summed E-state index contributed by atoms with van der Waals surface area (Å²) in [4.78, 5) is 23.4. The fourth-order valence-electron chi connectivity index (χ4n) is 2.11. The quantitative estimate of drug-likeness (QED) is 0.505. The van der Waals surface area contributed by atoms with Gasteiger partial charge in [0.25, 0.3) is 0 Å². The molecule has 4 heteroatoms. The van der Waals surface area contributed by atoms with Gasteiger partial charge in [0.15, 0.2) is 5.78 Å². The number of unbranched alkanes of at least 4 members (excludes halogenated alkanes) is 1. The summed E-state index contributed by atoms with van der Waals surface area (Å²) in [6.45, 7) is 5.14. The number of ether oxygens (including phenoxy) is 1. The number of carbonyl (C=O) groups excluding carboxylic acids is 2. The molecule has 0 aliphatic heterocycles. The molecule has 0 radical (unpaired) electrons. The van der Waals surface area contributed by atoms with Crippen molar-refractivity contribution in [1.29, 1.82) is 0 Å². The number of benzene rings is 1. The lowest BCUT2D eigenvalue weighted by Crippen LogP contribution is -2.28. The van der Waals surface area contributed by atoms with Gasteiger partial charge in [-0.2, -0.15) is 0 Å². The summed E-state index contributed by atoms with van der Waals surface area (Å²) in [5.74, 6) is -0.00400. The molecule has 0 spiro atoms. The summed E-state index contributed by atoms with van der Waals surface area (Å²) >= 11 is 0. The Balaban J connectivity index is 2.26. The highest BCUT2D eigenvalue weighted by Gasteiger charge is 2.06. The Morgan fingerprint density at radius 2 is 1.82 bits per heavy atom. The third-order valence-corrected chi connectivity index (χ3v) is 3.43. The van der Waals surface area contributed by atoms with Gasteiger partial charge in [-0.1, -0.05) is 37.6 Å². The number of nitrogens with one attached hydrogen (secondary N) is 1. The van der Waals surface area contributed by atoms with Crippen molar-refractivity contribution in [2.75, 3.05) is 19.8 Å². The van der Waals surface area contributed by atoms with Gasteiger partial charge in [0.2, 0.25) is 5.91 Å². The lowest BCUT2D eigenvalue weighted by molar-refractivity contribution is -0.125. The van der Waals surface area contributed by atoms with Crippen molar-refractivity contribution in [3.05, 3.63) is 35.4 Å². The largest absolute Gasteiger partial charge is 0.372 e. The van der Waals surface area contributed by atoms with Gasteiger partial charge in [0.1, 0.15) is 6.61 Å². The number of carbonyl (C=O) groups is 2. The van der Waals surface area contributed by atoms with Crippen LogP contribution in [0.3, 0.4) is 0 Å². The molecule has 1 N–H and O–H groups in total. The number of hydrogen-bond donors (Lipinski definition) is 1. The molecule has 0 aliphatic carbocycles. The molecule has 0 unspecified atom stereocenters. The monoisotopic (exact) mass is 305 g/mol. The second-order valence-electron chi connectivity index (χ2n) is 5.31. The minimum absolute atomic E-state index is 0.0870. The molecule has 1 amide bonds. The van der Waals surface area contributed by atoms with E-state index in [0.717, 1.165) is 12.0 Å². The van der Waals surface area contributed by atoms with Gasteiger partial charge < -0.3 is 10.1 Å². The van der Waals surface area contributed by atoms with Crippen molar-refractivity contribution < 1.29 is 14.3 Å². The van der Waals surface area contributed by atoms with E-state index in [-0.39, 0.29) is 18.3 Å². The third kappa shape index (κ3) is 7.36. The normalized spacial score (nSPS) is 10.5. The minimum atomic E-state index is -0.130. The molecule has 0 saturated carbocycles. The lowest BCUT2D eigenvalue weighted by atomic mass is 10.0. The molecule has 22 heavy (non-hydrogen) atoms. The molecule has 122 valence electrons. The topological polar surface area (TPSA) is 55.4 Å². The van der Waals surface area contributed by atoms with Crippen molar-refractivity contribution in [3.63, 3.8) is 0 Å². The molecule has 0 saturated heterocycles. The maximum Gasteiger partial charge on any atom is 0.245 e. The Morgan fingerprint density at radius 3 is 2.45 bits per heavy atom. The van der Waals surface area contributed by atoms with Gasteiger partial charge in [0, 0.05) is 25.1 Å². The first-order valence-corrected chi connectivity index (χ1v) is 8.14. The molecule has 0 atom stereocenters. The summed E-state index contributed by atoms with van der Waals surface area (Å²) in [7, 11) is 0. The highest BCUT2D eigenvalue weighted by atomic mass is 16.5. The van der Waals surface area contributed by atoms with Crippen LogP contribution in [0.15, 0.2) is 24.3 Å². The molecule has 4 nitrogen and oxygen atoms in total. The second-order valence-corrected chi connectivity index (χ2v) is 5.31. The van der Waals surface area contributed by atoms with Crippen LogP contribution in [0, 0.1) is 0 Å². The van der Waals surface area contributed by atoms with E-state index in [1.54, 1.807) is 0 Å². The fraction of sp³-hybridized carbons (Fsp3) is 0.556. The van der Waals surface area contributed by atoms with Crippen molar-refractivity contribution in [1.82, 2.24) is 5.32 Å². The molecule has 1 rings (SSSR count). The first kappa shape index (κ1) is 18.4. The van der Waals surface area contributed by atoms with Crippen molar-refractivity contribution in [2.45, 2.75) is 46.0 Å². The van der Waals surface area contributed by atoms with Gasteiger partial charge >= 0.3 is 0 Å². The Hall–Kier alpha value is -1.68. The molecule has 0 aliphatic rings. The maximum absolute atomic E-state index is 12.0. The number of amides is 1. The Kier molecular flexibility index (Phi) is 9.15. The standard InChI is InChI=1S/C18H27NO3/c1-3-5-7-15-9-11-16(12-10-15)17(20)8-6-13-19-18(21)14-22-4-2/h9-12H,3-8,13-14H2,1-2H3,(H,19,21). The average Bonchev–Trinajstić information content (AvgIpc) is 2.55. The summed E-state index contributed by atoms with van der Waals surface area (Å²) < 4.78 is 5.00. The Labute approximate surface area is 133 Å². The van der Waals surface area contributed by atoms with E-state index in [2.05, 4.69) is 12.2 Å². The van der Waals surface area contributed by atoms with Crippen molar-refractivity contribution in [2.24, 2.45) is 0 Å². The molecule has 0 heterocycles. The van der Waals surface area contributed by atoms with Crippen LogP contribution in [0.2, 0.25) is 0 Å². The van der Waals surface area contributed by atoms with Crippen LogP contribution in [-0.4, -0.2) is 31.4 Å². The SMILES string of the molecule is CCCCc1ccc(C(=O)CCCNC(=O)COCC)cc1. The van der Waals surface area contributed by atoms with Crippen LogP contribution in [0.4, 0.5) is 0 Å². The maximum atomic E-state index is 12.0. The van der Waals surface area contributed by atoms with E-state index in [1.165, 1.54) is 18.4 Å². The van der Waals surface area contributed by atoms with E-state index >= 15 is 0 Å². The Morgan fingerprint density at radius 1 is 1.09 bits per heavy atom. The van der Waals surface area contributed by atoms with Crippen LogP contribution >= 0.6 is 0 Å².